The molecule has 0 aliphatic rings. The Morgan fingerprint density at radius 1 is 0.808 bits per heavy atom. The van der Waals surface area contributed by atoms with Gasteiger partial charge in [-0.15, -0.1) is 0 Å². The highest BCUT2D eigenvalue weighted by atomic mass is 16.5. The minimum atomic E-state index is -0.616. The number of aliphatic hydroxyl groups excluding tert-OH is 1. The number of rotatable bonds is 19. The monoisotopic (exact) mass is 370 g/mol. The van der Waals surface area contributed by atoms with Crippen LogP contribution in [0.2, 0.25) is 0 Å². The van der Waals surface area contributed by atoms with Crippen LogP contribution in [0.1, 0.15) is 124 Å². The molecule has 3 heteroatoms. The van der Waals surface area contributed by atoms with Gasteiger partial charge in [0, 0.05) is 13.0 Å². The molecular formula is C23H46O3. The maximum atomic E-state index is 12.1. The van der Waals surface area contributed by atoms with Gasteiger partial charge < -0.3 is 9.84 Å². The van der Waals surface area contributed by atoms with Crippen molar-refractivity contribution in [3.05, 3.63) is 0 Å². The Hall–Kier alpha value is -0.410. The van der Waals surface area contributed by atoms with Crippen LogP contribution in [0.25, 0.3) is 0 Å². The van der Waals surface area contributed by atoms with Gasteiger partial charge in [-0.2, -0.15) is 0 Å². The molecule has 0 aliphatic heterocycles. The van der Waals surface area contributed by atoms with Crippen molar-refractivity contribution in [1.29, 1.82) is 0 Å². The molecule has 0 saturated carbocycles. The predicted molar refractivity (Wildman–Crippen MR) is 112 cm³/mol. The van der Waals surface area contributed by atoms with Gasteiger partial charge in [0.2, 0.25) is 0 Å². The zero-order chi connectivity index (χ0) is 19.7. The van der Waals surface area contributed by atoms with Crippen molar-refractivity contribution in [2.75, 3.05) is 6.61 Å². The Balaban J connectivity index is 3.37. The van der Waals surface area contributed by atoms with Crippen molar-refractivity contribution in [3.8, 4) is 0 Å². The maximum Gasteiger partial charge on any atom is 0.164 e. The Morgan fingerprint density at radius 3 is 1.77 bits per heavy atom. The van der Waals surface area contributed by atoms with Crippen molar-refractivity contribution in [2.45, 2.75) is 136 Å². The molecule has 0 spiro atoms. The van der Waals surface area contributed by atoms with E-state index in [0.29, 0.717) is 13.0 Å². The summed E-state index contributed by atoms with van der Waals surface area (Å²) in [6.07, 6.45) is 17.1. The van der Waals surface area contributed by atoms with E-state index in [-0.39, 0.29) is 11.9 Å². The lowest BCUT2D eigenvalue weighted by atomic mass is 9.97. The van der Waals surface area contributed by atoms with Gasteiger partial charge >= 0.3 is 0 Å². The molecule has 0 heterocycles. The third-order valence-electron chi connectivity index (χ3n) is 5.26. The summed E-state index contributed by atoms with van der Waals surface area (Å²) in [6, 6.07) is 0. The summed E-state index contributed by atoms with van der Waals surface area (Å²) in [7, 11) is 0. The number of carbonyl (C=O) groups excluding carboxylic acids is 1. The Kier molecular flexibility index (Phi) is 16.5. The lowest BCUT2D eigenvalue weighted by Gasteiger charge is -2.22. The number of ketones is 1. The van der Waals surface area contributed by atoms with Gasteiger partial charge in [-0.3, -0.25) is 4.79 Å². The number of aliphatic hydroxyl groups is 1. The van der Waals surface area contributed by atoms with E-state index in [4.69, 9.17) is 4.74 Å². The predicted octanol–water partition coefficient (Wildman–Crippen LogP) is 6.60. The normalized spacial score (nSPS) is 13.1. The molecule has 0 rings (SSSR count). The molecule has 26 heavy (non-hydrogen) atoms. The third kappa shape index (κ3) is 14.7. The summed E-state index contributed by atoms with van der Waals surface area (Å²) < 4.78 is 5.51. The molecule has 0 bridgehead atoms. The summed E-state index contributed by atoms with van der Waals surface area (Å²) in [4.78, 5) is 12.1. The molecule has 1 N–H and O–H groups in total. The lowest BCUT2D eigenvalue weighted by molar-refractivity contribution is -0.139. The molecular weight excluding hydrogens is 324 g/mol. The highest BCUT2D eigenvalue weighted by molar-refractivity contribution is 5.86. The van der Waals surface area contributed by atoms with Gasteiger partial charge in [-0.05, 0) is 40.0 Å². The van der Waals surface area contributed by atoms with E-state index in [0.717, 1.165) is 32.1 Å². The fourth-order valence-electron chi connectivity index (χ4n) is 3.42. The topological polar surface area (TPSA) is 46.5 Å². The zero-order valence-corrected chi connectivity index (χ0v) is 18.2. The van der Waals surface area contributed by atoms with Crippen molar-refractivity contribution >= 4 is 5.78 Å². The number of Topliss-reactive ketones (excluding diaryl/α,β-unsaturated/α-hetero) is 1. The second-order valence-corrected chi connectivity index (χ2v) is 8.24. The van der Waals surface area contributed by atoms with Crippen molar-refractivity contribution < 1.29 is 14.6 Å². The minimum Gasteiger partial charge on any atom is -0.393 e. The lowest BCUT2D eigenvalue weighted by Crippen LogP contribution is -2.34. The Bertz CT molecular complexity index is 325. The first kappa shape index (κ1) is 25.6. The van der Waals surface area contributed by atoms with E-state index in [2.05, 4.69) is 6.92 Å². The molecule has 0 aromatic rings. The average molecular weight is 371 g/mol. The van der Waals surface area contributed by atoms with Crippen LogP contribution in [0, 0.1) is 0 Å². The molecule has 1 atom stereocenters. The SMILES string of the molecule is CCCCCCC(O)CCCCCCCCCCC(=O)C(C)(C)OCC. The first-order chi connectivity index (χ1) is 12.4. The van der Waals surface area contributed by atoms with E-state index in [1.165, 1.54) is 57.8 Å². The molecule has 0 fully saturated rings. The van der Waals surface area contributed by atoms with Crippen LogP contribution in [0.15, 0.2) is 0 Å². The summed E-state index contributed by atoms with van der Waals surface area (Å²) >= 11 is 0. The van der Waals surface area contributed by atoms with Crippen LogP contribution in [-0.4, -0.2) is 29.2 Å². The number of unbranched alkanes of at least 4 members (excludes halogenated alkanes) is 10. The number of ether oxygens (including phenoxy) is 1. The number of hydrogen-bond acceptors (Lipinski definition) is 3. The van der Waals surface area contributed by atoms with Gasteiger partial charge in [0.1, 0.15) is 5.60 Å². The van der Waals surface area contributed by atoms with E-state index in [1.54, 1.807) is 0 Å². The summed E-state index contributed by atoms with van der Waals surface area (Å²) in [5.41, 5.74) is -0.616. The van der Waals surface area contributed by atoms with Crippen molar-refractivity contribution in [1.82, 2.24) is 0 Å². The van der Waals surface area contributed by atoms with E-state index >= 15 is 0 Å². The third-order valence-corrected chi connectivity index (χ3v) is 5.26. The van der Waals surface area contributed by atoms with E-state index in [1.807, 2.05) is 20.8 Å². The average Bonchev–Trinajstić information content (AvgIpc) is 2.60. The smallest absolute Gasteiger partial charge is 0.164 e. The molecule has 3 nitrogen and oxygen atoms in total. The number of carbonyl (C=O) groups is 1. The maximum absolute atomic E-state index is 12.1. The largest absolute Gasteiger partial charge is 0.393 e. The zero-order valence-electron chi connectivity index (χ0n) is 18.2. The van der Waals surface area contributed by atoms with Gasteiger partial charge in [-0.25, -0.2) is 0 Å². The highest BCUT2D eigenvalue weighted by Crippen LogP contribution is 2.17. The first-order valence-electron chi connectivity index (χ1n) is 11.3. The molecule has 0 amide bonds. The summed E-state index contributed by atoms with van der Waals surface area (Å²) in [5, 5.41) is 9.95. The first-order valence-corrected chi connectivity index (χ1v) is 11.3. The Labute approximate surface area is 163 Å². The molecule has 0 radical (unpaired) electrons. The van der Waals surface area contributed by atoms with Crippen LogP contribution < -0.4 is 0 Å². The van der Waals surface area contributed by atoms with Crippen molar-refractivity contribution in [2.24, 2.45) is 0 Å². The van der Waals surface area contributed by atoms with E-state index in [9.17, 15) is 9.90 Å². The van der Waals surface area contributed by atoms with Gasteiger partial charge in [0.15, 0.2) is 5.78 Å². The highest BCUT2D eigenvalue weighted by Gasteiger charge is 2.26. The van der Waals surface area contributed by atoms with Crippen molar-refractivity contribution in [3.63, 3.8) is 0 Å². The molecule has 1 unspecified atom stereocenters. The van der Waals surface area contributed by atoms with Crippen LogP contribution >= 0.6 is 0 Å². The van der Waals surface area contributed by atoms with Crippen LogP contribution in [0.3, 0.4) is 0 Å². The van der Waals surface area contributed by atoms with Crippen LogP contribution in [-0.2, 0) is 9.53 Å². The standard InChI is InChI=1S/C23H46O3/c1-5-7-8-15-18-21(24)19-16-13-11-9-10-12-14-17-20-22(25)23(3,4)26-6-2/h21,24H,5-20H2,1-4H3. The van der Waals surface area contributed by atoms with Gasteiger partial charge in [0.25, 0.3) is 0 Å². The second kappa shape index (κ2) is 16.7. The molecule has 0 aromatic carbocycles. The fourth-order valence-corrected chi connectivity index (χ4v) is 3.42. The number of hydrogen-bond donors (Lipinski definition) is 1. The fraction of sp³-hybridized carbons (Fsp3) is 0.957. The quantitative estimate of drug-likeness (QED) is 0.260. The van der Waals surface area contributed by atoms with Gasteiger partial charge in [0.05, 0.1) is 6.10 Å². The van der Waals surface area contributed by atoms with Crippen LogP contribution in [0.4, 0.5) is 0 Å². The van der Waals surface area contributed by atoms with Gasteiger partial charge in [-0.1, -0.05) is 77.6 Å². The Morgan fingerprint density at radius 2 is 1.27 bits per heavy atom. The summed E-state index contributed by atoms with van der Waals surface area (Å²) in [6.45, 7) is 8.50. The van der Waals surface area contributed by atoms with Crippen LogP contribution in [0.5, 0.6) is 0 Å². The second-order valence-electron chi connectivity index (χ2n) is 8.24. The molecule has 0 aromatic heterocycles. The minimum absolute atomic E-state index is 0.0784. The molecule has 156 valence electrons. The summed E-state index contributed by atoms with van der Waals surface area (Å²) in [5.74, 6) is 0.229. The van der Waals surface area contributed by atoms with E-state index < -0.39 is 5.60 Å². The molecule has 0 saturated heterocycles. The molecule has 0 aliphatic carbocycles.